The number of ether oxygens (including phenoxy) is 1. The summed E-state index contributed by atoms with van der Waals surface area (Å²) in [5.41, 5.74) is 0. The Bertz CT molecular complexity index is 311. The molecule has 0 saturated carbocycles. The lowest BCUT2D eigenvalue weighted by Crippen LogP contribution is -2.32. The number of carbonyl (C=O) groups excluding carboxylic acids is 1. The van der Waals surface area contributed by atoms with Crippen molar-refractivity contribution in [3.8, 4) is 5.75 Å². The van der Waals surface area contributed by atoms with Gasteiger partial charge in [-0.15, -0.1) is 0 Å². The summed E-state index contributed by atoms with van der Waals surface area (Å²) >= 11 is 0. The van der Waals surface area contributed by atoms with Gasteiger partial charge in [0.25, 0.3) is 0 Å². The largest absolute Gasteiger partial charge is 0.492 e. The number of hydrogen-bond acceptors (Lipinski definition) is 2. The molecule has 1 aromatic rings. The number of para-hydroxylation sites is 1. The lowest BCUT2D eigenvalue weighted by molar-refractivity contribution is -0.124. The van der Waals surface area contributed by atoms with Gasteiger partial charge in [0.2, 0.25) is 5.91 Å². The van der Waals surface area contributed by atoms with Crippen molar-refractivity contribution in [3.05, 3.63) is 30.3 Å². The number of amides is 1. The molecule has 1 aromatic carbocycles. The molecule has 0 bridgehead atoms. The van der Waals surface area contributed by atoms with Gasteiger partial charge in [0, 0.05) is 5.92 Å². The summed E-state index contributed by atoms with van der Waals surface area (Å²) in [6, 6.07) is 9.59. The summed E-state index contributed by atoms with van der Waals surface area (Å²) in [6.45, 7) is 4.99. The van der Waals surface area contributed by atoms with Crippen molar-refractivity contribution in [1.29, 1.82) is 0 Å². The minimum atomic E-state index is 0.0803. The molecule has 3 nitrogen and oxygen atoms in total. The number of rotatable bonds is 6. The molecule has 3 heteroatoms. The second kappa shape index (κ2) is 6.88. The fourth-order valence-electron chi connectivity index (χ4n) is 1.22. The summed E-state index contributed by atoms with van der Waals surface area (Å²) < 4.78 is 5.46. The van der Waals surface area contributed by atoms with Crippen LogP contribution in [0.25, 0.3) is 0 Å². The first kappa shape index (κ1) is 12.6. The van der Waals surface area contributed by atoms with Crippen LogP contribution in [0.15, 0.2) is 30.3 Å². The summed E-state index contributed by atoms with van der Waals surface area (Å²) in [6.07, 6.45) is 0.866. The minimum absolute atomic E-state index is 0.0803. The predicted molar refractivity (Wildman–Crippen MR) is 64.4 cm³/mol. The van der Waals surface area contributed by atoms with Gasteiger partial charge < -0.3 is 10.1 Å². The molecule has 0 spiro atoms. The topological polar surface area (TPSA) is 38.3 Å². The molecular formula is C13H19NO2. The standard InChI is InChI=1S/C13H19NO2/c1-3-11(2)13(15)14-9-10-16-12-7-5-4-6-8-12/h4-8,11H,3,9-10H2,1-2H3,(H,14,15). The van der Waals surface area contributed by atoms with E-state index in [-0.39, 0.29) is 11.8 Å². The first-order valence-corrected chi connectivity index (χ1v) is 5.69. The van der Waals surface area contributed by atoms with Crippen molar-refractivity contribution in [2.75, 3.05) is 13.2 Å². The zero-order valence-corrected chi connectivity index (χ0v) is 9.90. The van der Waals surface area contributed by atoms with Crippen molar-refractivity contribution in [2.24, 2.45) is 5.92 Å². The van der Waals surface area contributed by atoms with E-state index in [0.29, 0.717) is 13.2 Å². The summed E-state index contributed by atoms with van der Waals surface area (Å²) in [5.74, 6) is 1.01. The zero-order chi connectivity index (χ0) is 11.8. The molecule has 0 fully saturated rings. The van der Waals surface area contributed by atoms with Crippen LogP contribution in [-0.4, -0.2) is 19.1 Å². The highest BCUT2D eigenvalue weighted by Crippen LogP contribution is 2.07. The molecule has 0 saturated heterocycles. The highest BCUT2D eigenvalue weighted by atomic mass is 16.5. The molecule has 88 valence electrons. The molecule has 1 rings (SSSR count). The maximum absolute atomic E-state index is 11.4. The van der Waals surface area contributed by atoms with E-state index >= 15 is 0 Å². The maximum Gasteiger partial charge on any atom is 0.222 e. The fraction of sp³-hybridized carbons (Fsp3) is 0.462. The van der Waals surface area contributed by atoms with E-state index in [1.54, 1.807) is 0 Å². The Hall–Kier alpha value is -1.51. The first-order valence-electron chi connectivity index (χ1n) is 5.69. The summed E-state index contributed by atoms with van der Waals surface area (Å²) in [7, 11) is 0. The molecule has 0 aliphatic carbocycles. The van der Waals surface area contributed by atoms with E-state index in [1.807, 2.05) is 44.2 Å². The smallest absolute Gasteiger partial charge is 0.222 e. The van der Waals surface area contributed by atoms with Crippen LogP contribution in [0.3, 0.4) is 0 Å². The van der Waals surface area contributed by atoms with Crippen molar-refractivity contribution in [1.82, 2.24) is 5.32 Å². The van der Waals surface area contributed by atoms with Gasteiger partial charge in [-0.2, -0.15) is 0 Å². The van der Waals surface area contributed by atoms with E-state index in [0.717, 1.165) is 12.2 Å². The molecule has 0 aromatic heterocycles. The lowest BCUT2D eigenvalue weighted by atomic mass is 10.1. The van der Waals surface area contributed by atoms with Gasteiger partial charge in [-0.1, -0.05) is 32.0 Å². The zero-order valence-electron chi connectivity index (χ0n) is 9.90. The second-order valence-corrected chi connectivity index (χ2v) is 3.76. The monoisotopic (exact) mass is 221 g/mol. The molecule has 1 unspecified atom stereocenters. The molecule has 1 amide bonds. The normalized spacial score (nSPS) is 11.9. The van der Waals surface area contributed by atoms with Crippen LogP contribution in [0.1, 0.15) is 20.3 Å². The van der Waals surface area contributed by atoms with Gasteiger partial charge in [0.15, 0.2) is 0 Å². The second-order valence-electron chi connectivity index (χ2n) is 3.76. The van der Waals surface area contributed by atoms with Crippen molar-refractivity contribution >= 4 is 5.91 Å². The molecule has 0 radical (unpaired) electrons. The average molecular weight is 221 g/mol. The Kier molecular flexibility index (Phi) is 5.40. The number of benzene rings is 1. The molecule has 0 aliphatic rings. The Labute approximate surface area is 96.8 Å². The highest BCUT2D eigenvalue weighted by Gasteiger charge is 2.08. The van der Waals surface area contributed by atoms with E-state index in [1.165, 1.54) is 0 Å². The Morgan fingerprint density at radius 2 is 2.06 bits per heavy atom. The van der Waals surface area contributed by atoms with Crippen LogP contribution >= 0.6 is 0 Å². The Morgan fingerprint density at radius 3 is 2.69 bits per heavy atom. The van der Waals surface area contributed by atoms with Gasteiger partial charge >= 0.3 is 0 Å². The van der Waals surface area contributed by atoms with E-state index in [4.69, 9.17) is 4.74 Å². The lowest BCUT2D eigenvalue weighted by Gasteiger charge is -2.10. The molecule has 0 heterocycles. The third kappa shape index (κ3) is 4.34. The number of hydrogen-bond donors (Lipinski definition) is 1. The summed E-state index contributed by atoms with van der Waals surface area (Å²) in [5, 5.41) is 2.84. The van der Waals surface area contributed by atoms with Gasteiger partial charge in [0.1, 0.15) is 12.4 Å². The van der Waals surface area contributed by atoms with Crippen LogP contribution < -0.4 is 10.1 Å². The first-order chi connectivity index (χ1) is 7.74. The molecule has 1 N–H and O–H groups in total. The Morgan fingerprint density at radius 1 is 1.38 bits per heavy atom. The minimum Gasteiger partial charge on any atom is -0.492 e. The van der Waals surface area contributed by atoms with Crippen molar-refractivity contribution in [2.45, 2.75) is 20.3 Å². The SMILES string of the molecule is CCC(C)C(=O)NCCOc1ccccc1. The maximum atomic E-state index is 11.4. The van der Waals surface area contributed by atoms with Crippen LogP contribution in [0, 0.1) is 5.92 Å². The van der Waals surface area contributed by atoms with E-state index in [9.17, 15) is 4.79 Å². The molecule has 16 heavy (non-hydrogen) atoms. The summed E-state index contributed by atoms with van der Waals surface area (Å²) in [4.78, 5) is 11.4. The van der Waals surface area contributed by atoms with Crippen LogP contribution in [0.2, 0.25) is 0 Å². The van der Waals surface area contributed by atoms with E-state index < -0.39 is 0 Å². The molecular weight excluding hydrogens is 202 g/mol. The van der Waals surface area contributed by atoms with Gasteiger partial charge in [-0.05, 0) is 18.6 Å². The third-order valence-electron chi connectivity index (χ3n) is 2.47. The molecule has 1 atom stereocenters. The van der Waals surface area contributed by atoms with Crippen molar-refractivity contribution < 1.29 is 9.53 Å². The highest BCUT2D eigenvalue weighted by molar-refractivity contribution is 5.78. The third-order valence-corrected chi connectivity index (χ3v) is 2.47. The number of carbonyl (C=O) groups is 1. The predicted octanol–water partition coefficient (Wildman–Crippen LogP) is 2.23. The van der Waals surface area contributed by atoms with Crippen molar-refractivity contribution in [3.63, 3.8) is 0 Å². The quantitative estimate of drug-likeness (QED) is 0.748. The van der Waals surface area contributed by atoms with Gasteiger partial charge in [-0.25, -0.2) is 0 Å². The van der Waals surface area contributed by atoms with Gasteiger partial charge in [-0.3, -0.25) is 4.79 Å². The molecule has 0 aliphatic heterocycles. The van der Waals surface area contributed by atoms with E-state index in [2.05, 4.69) is 5.32 Å². The van der Waals surface area contributed by atoms with Gasteiger partial charge in [0.05, 0.1) is 6.54 Å². The average Bonchev–Trinajstić information content (AvgIpc) is 2.34. The van der Waals surface area contributed by atoms with Crippen LogP contribution in [0.5, 0.6) is 5.75 Å². The van der Waals surface area contributed by atoms with Crippen LogP contribution in [-0.2, 0) is 4.79 Å². The Balaban J connectivity index is 2.15. The van der Waals surface area contributed by atoms with Crippen LogP contribution in [0.4, 0.5) is 0 Å². The fourth-order valence-corrected chi connectivity index (χ4v) is 1.22. The number of nitrogens with one attached hydrogen (secondary N) is 1.